The Morgan fingerprint density at radius 2 is 1.32 bits per heavy atom. The fourth-order valence-corrected chi connectivity index (χ4v) is 2.36. The van der Waals surface area contributed by atoms with Crippen molar-refractivity contribution < 1.29 is 4.79 Å². The van der Waals surface area contributed by atoms with Gasteiger partial charge < -0.3 is 4.79 Å². The molecule has 0 aromatic heterocycles. The Hall–Kier alpha value is -1.11. The quantitative estimate of drug-likeness (QED) is 0.399. The molecule has 0 amide bonds. The molecule has 0 saturated carbocycles. The Morgan fingerprint density at radius 1 is 0.789 bits per heavy atom. The van der Waals surface area contributed by atoms with E-state index < -0.39 is 0 Å². The third kappa shape index (κ3) is 7.81. The van der Waals surface area contributed by atoms with Gasteiger partial charge in [-0.15, -0.1) is 0 Å². The Labute approximate surface area is 118 Å². The summed E-state index contributed by atoms with van der Waals surface area (Å²) in [5, 5.41) is 0. The predicted octanol–water partition coefficient (Wildman–Crippen LogP) is 5.11. The molecule has 0 spiro atoms. The van der Waals surface area contributed by atoms with E-state index in [9.17, 15) is 4.79 Å². The molecule has 0 aliphatic rings. The first-order chi connectivity index (χ1) is 9.36. The first-order valence-electron chi connectivity index (χ1n) is 7.88. The van der Waals surface area contributed by atoms with Gasteiger partial charge in [-0.25, -0.2) is 0 Å². The first-order valence-corrected chi connectivity index (χ1v) is 7.88. The minimum absolute atomic E-state index is 0.719. The molecule has 0 fully saturated rings. The van der Waals surface area contributed by atoms with E-state index in [4.69, 9.17) is 0 Å². The number of unbranched alkanes of at least 4 members (excludes halogenated alkanes) is 6. The second-order valence-electron chi connectivity index (χ2n) is 5.39. The highest BCUT2D eigenvalue weighted by Crippen LogP contribution is 2.12. The largest absolute Gasteiger partial charge is 0.303 e. The van der Waals surface area contributed by atoms with Crippen LogP contribution in [0.3, 0.4) is 0 Å². The summed E-state index contributed by atoms with van der Waals surface area (Å²) in [6.07, 6.45) is 12.9. The van der Waals surface area contributed by atoms with Crippen molar-refractivity contribution in [3.63, 3.8) is 0 Å². The van der Waals surface area contributed by atoms with Gasteiger partial charge in [0, 0.05) is 6.42 Å². The lowest BCUT2D eigenvalue weighted by atomic mass is 10.0. The van der Waals surface area contributed by atoms with Crippen molar-refractivity contribution in [2.75, 3.05) is 0 Å². The van der Waals surface area contributed by atoms with Crippen LogP contribution in [0, 0.1) is 0 Å². The van der Waals surface area contributed by atoms with Crippen LogP contribution in [0.2, 0.25) is 0 Å². The van der Waals surface area contributed by atoms with Crippen molar-refractivity contribution >= 4 is 6.29 Å². The molecule has 0 bridgehead atoms. The number of carbonyl (C=O) groups is 1. The van der Waals surface area contributed by atoms with Gasteiger partial charge in [-0.2, -0.15) is 0 Å². The van der Waals surface area contributed by atoms with Crippen molar-refractivity contribution in [1.82, 2.24) is 0 Å². The molecule has 0 aliphatic heterocycles. The van der Waals surface area contributed by atoms with Gasteiger partial charge in [-0.3, -0.25) is 0 Å². The maximum absolute atomic E-state index is 10.2. The van der Waals surface area contributed by atoms with Crippen molar-refractivity contribution in [1.29, 1.82) is 0 Å². The normalized spacial score (nSPS) is 10.6. The molecule has 0 saturated heterocycles. The fourth-order valence-electron chi connectivity index (χ4n) is 2.36. The number of aldehydes is 1. The van der Waals surface area contributed by atoms with E-state index in [2.05, 4.69) is 31.2 Å². The summed E-state index contributed by atoms with van der Waals surface area (Å²) in [4.78, 5) is 10.2. The lowest BCUT2D eigenvalue weighted by Crippen LogP contribution is -1.89. The Kier molecular flexibility index (Phi) is 9.05. The summed E-state index contributed by atoms with van der Waals surface area (Å²) < 4.78 is 0. The molecule has 1 nitrogen and oxygen atoms in total. The maximum atomic E-state index is 10.2. The average Bonchev–Trinajstić information content (AvgIpc) is 2.45. The van der Waals surface area contributed by atoms with E-state index in [1.165, 1.54) is 49.7 Å². The molecular formula is C18H28O. The molecular weight excluding hydrogens is 232 g/mol. The van der Waals surface area contributed by atoms with Crippen LogP contribution >= 0.6 is 0 Å². The van der Waals surface area contributed by atoms with E-state index in [0.717, 1.165) is 32.0 Å². The van der Waals surface area contributed by atoms with E-state index in [0.29, 0.717) is 0 Å². The summed E-state index contributed by atoms with van der Waals surface area (Å²) in [7, 11) is 0. The van der Waals surface area contributed by atoms with Gasteiger partial charge >= 0.3 is 0 Å². The number of rotatable bonds is 11. The number of hydrogen-bond acceptors (Lipinski definition) is 1. The molecule has 1 aromatic rings. The third-order valence-electron chi connectivity index (χ3n) is 3.63. The molecule has 0 radical (unpaired) electrons. The second kappa shape index (κ2) is 10.8. The van der Waals surface area contributed by atoms with Crippen LogP contribution in [0.25, 0.3) is 0 Å². The van der Waals surface area contributed by atoms with Gasteiger partial charge in [0.05, 0.1) is 0 Å². The van der Waals surface area contributed by atoms with Crippen LogP contribution in [0.1, 0.15) is 69.4 Å². The zero-order valence-corrected chi connectivity index (χ0v) is 12.4. The van der Waals surface area contributed by atoms with Gasteiger partial charge in [0.15, 0.2) is 0 Å². The summed E-state index contributed by atoms with van der Waals surface area (Å²) in [6, 6.07) is 9.11. The molecule has 0 unspecified atom stereocenters. The van der Waals surface area contributed by atoms with Gasteiger partial charge in [0.2, 0.25) is 0 Å². The Balaban J connectivity index is 2.17. The minimum Gasteiger partial charge on any atom is -0.303 e. The van der Waals surface area contributed by atoms with Gasteiger partial charge in [-0.05, 0) is 43.2 Å². The highest BCUT2D eigenvalue weighted by atomic mass is 16.1. The lowest BCUT2D eigenvalue weighted by Gasteiger charge is -2.04. The van der Waals surface area contributed by atoms with E-state index in [-0.39, 0.29) is 0 Å². The smallest absolute Gasteiger partial charge is 0.119 e. The fraction of sp³-hybridized carbons (Fsp3) is 0.611. The molecule has 1 heteroatoms. The zero-order chi connectivity index (χ0) is 13.8. The molecule has 0 aliphatic carbocycles. The molecule has 0 N–H and O–H groups in total. The summed E-state index contributed by atoms with van der Waals surface area (Å²) in [6.45, 7) is 2.25. The topological polar surface area (TPSA) is 17.1 Å². The highest BCUT2D eigenvalue weighted by Gasteiger charge is 1.96. The Morgan fingerprint density at radius 3 is 1.79 bits per heavy atom. The van der Waals surface area contributed by atoms with Crippen LogP contribution in [-0.4, -0.2) is 6.29 Å². The standard InChI is InChI=1S/C18H28O/c1-2-3-4-7-10-17-12-14-18(15-13-17)11-8-5-6-9-16-19/h12-16H,2-11H2,1H3. The number of aryl methyl sites for hydroxylation is 2. The van der Waals surface area contributed by atoms with Gasteiger partial charge in [0.25, 0.3) is 0 Å². The minimum atomic E-state index is 0.719. The van der Waals surface area contributed by atoms with Crippen molar-refractivity contribution in [3.8, 4) is 0 Å². The van der Waals surface area contributed by atoms with Crippen molar-refractivity contribution in [3.05, 3.63) is 35.4 Å². The lowest BCUT2D eigenvalue weighted by molar-refractivity contribution is -0.107. The molecule has 19 heavy (non-hydrogen) atoms. The monoisotopic (exact) mass is 260 g/mol. The van der Waals surface area contributed by atoms with Crippen LogP contribution < -0.4 is 0 Å². The van der Waals surface area contributed by atoms with E-state index in [1.54, 1.807) is 0 Å². The van der Waals surface area contributed by atoms with Crippen LogP contribution in [0.5, 0.6) is 0 Å². The van der Waals surface area contributed by atoms with E-state index in [1.807, 2.05) is 0 Å². The number of hydrogen-bond donors (Lipinski definition) is 0. The Bertz CT molecular complexity index is 326. The van der Waals surface area contributed by atoms with E-state index >= 15 is 0 Å². The molecule has 0 heterocycles. The van der Waals surface area contributed by atoms with Crippen molar-refractivity contribution in [2.45, 2.75) is 71.1 Å². The molecule has 0 atom stereocenters. The predicted molar refractivity (Wildman–Crippen MR) is 82.5 cm³/mol. The van der Waals surface area contributed by atoms with Gasteiger partial charge in [-0.1, -0.05) is 56.9 Å². The molecule has 1 rings (SSSR count). The summed E-state index contributed by atoms with van der Waals surface area (Å²) in [5.74, 6) is 0. The first kappa shape index (κ1) is 15.9. The molecule has 106 valence electrons. The van der Waals surface area contributed by atoms with Crippen LogP contribution in [0.4, 0.5) is 0 Å². The average molecular weight is 260 g/mol. The van der Waals surface area contributed by atoms with Gasteiger partial charge in [0.1, 0.15) is 6.29 Å². The third-order valence-corrected chi connectivity index (χ3v) is 3.63. The second-order valence-corrected chi connectivity index (χ2v) is 5.39. The van der Waals surface area contributed by atoms with Crippen LogP contribution in [-0.2, 0) is 17.6 Å². The van der Waals surface area contributed by atoms with Crippen molar-refractivity contribution in [2.24, 2.45) is 0 Å². The molecule has 1 aromatic carbocycles. The highest BCUT2D eigenvalue weighted by molar-refractivity contribution is 5.48. The summed E-state index contributed by atoms with van der Waals surface area (Å²) >= 11 is 0. The number of benzene rings is 1. The SMILES string of the molecule is CCCCCCc1ccc(CCCCCC=O)cc1. The summed E-state index contributed by atoms with van der Waals surface area (Å²) in [5.41, 5.74) is 2.91. The van der Waals surface area contributed by atoms with Crippen LogP contribution in [0.15, 0.2) is 24.3 Å². The zero-order valence-electron chi connectivity index (χ0n) is 12.4. The number of carbonyl (C=O) groups excluding carboxylic acids is 1. The maximum Gasteiger partial charge on any atom is 0.119 e.